The number of aryl methyl sites for hydroxylation is 1. The SMILES string of the molecule is COc1cc(/C=C2\CC[C@@H]3C[C@H](O[Si](C)(C)C(C)(C)C)C[C@@H](c4cc(F)c(F)c(F)c4)N3C2=O)ccc1-n1cnc(C)c1. The highest BCUT2D eigenvalue weighted by Gasteiger charge is 2.46. The molecule has 10 heteroatoms. The highest BCUT2D eigenvalue weighted by atomic mass is 28.4. The molecule has 43 heavy (non-hydrogen) atoms. The van der Waals surface area contributed by atoms with Crippen LogP contribution >= 0.6 is 0 Å². The number of carbonyl (C=O) groups is 1. The molecule has 3 heterocycles. The maximum atomic E-state index is 14.5. The highest BCUT2D eigenvalue weighted by molar-refractivity contribution is 6.74. The molecule has 0 spiro atoms. The van der Waals surface area contributed by atoms with E-state index in [1.54, 1.807) is 18.3 Å². The van der Waals surface area contributed by atoms with Crippen LogP contribution in [0.5, 0.6) is 5.75 Å². The van der Waals surface area contributed by atoms with Crippen LogP contribution in [0.25, 0.3) is 11.8 Å². The molecule has 0 aliphatic carbocycles. The molecule has 2 fully saturated rings. The third-order valence-electron chi connectivity index (χ3n) is 9.20. The third kappa shape index (κ3) is 6.17. The van der Waals surface area contributed by atoms with E-state index in [1.165, 1.54) is 0 Å². The summed E-state index contributed by atoms with van der Waals surface area (Å²) in [6, 6.07) is 6.91. The Labute approximate surface area is 252 Å². The first-order chi connectivity index (χ1) is 20.2. The molecular weight excluding hydrogens is 571 g/mol. The minimum atomic E-state index is -2.17. The highest BCUT2D eigenvalue weighted by Crippen LogP contribution is 2.45. The monoisotopic (exact) mass is 611 g/mol. The zero-order valence-corrected chi connectivity index (χ0v) is 26.9. The van der Waals surface area contributed by atoms with Gasteiger partial charge in [0.15, 0.2) is 25.8 Å². The maximum absolute atomic E-state index is 14.5. The topological polar surface area (TPSA) is 56.6 Å². The summed E-state index contributed by atoms with van der Waals surface area (Å²) in [5.41, 5.74) is 3.34. The Morgan fingerprint density at radius 3 is 2.37 bits per heavy atom. The first kappa shape index (κ1) is 31.1. The summed E-state index contributed by atoms with van der Waals surface area (Å²) >= 11 is 0. The van der Waals surface area contributed by atoms with Crippen LogP contribution in [0.3, 0.4) is 0 Å². The van der Waals surface area contributed by atoms with Crippen LogP contribution in [-0.4, -0.2) is 47.9 Å². The summed E-state index contributed by atoms with van der Waals surface area (Å²) in [6.45, 7) is 12.7. The van der Waals surface area contributed by atoms with Crippen LogP contribution < -0.4 is 4.74 Å². The van der Waals surface area contributed by atoms with Gasteiger partial charge in [0.05, 0.1) is 30.9 Å². The molecule has 0 bridgehead atoms. The second kappa shape index (κ2) is 11.6. The molecule has 0 N–H and O–H groups in total. The lowest BCUT2D eigenvalue weighted by Gasteiger charge is -2.50. The van der Waals surface area contributed by atoms with E-state index < -0.39 is 31.8 Å². The van der Waals surface area contributed by atoms with E-state index in [2.05, 4.69) is 38.8 Å². The third-order valence-corrected chi connectivity index (χ3v) is 13.7. The number of aromatic nitrogens is 2. The molecule has 5 rings (SSSR count). The van der Waals surface area contributed by atoms with Gasteiger partial charge in [-0.3, -0.25) is 4.79 Å². The molecule has 6 nitrogen and oxygen atoms in total. The second-order valence-corrected chi connectivity index (χ2v) is 18.0. The fourth-order valence-corrected chi connectivity index (χ4v) is 7.31. The molecule has 0 saturated carbocycles. The molecule has 2 aliphatic rings. The molecule has 1 aromatic heterocycles. The largest absolute Gasteiger partial charge is 0.495 e. The quantitative estimate of drug-likeness (QED) is 0.162. The van der Waals surface area contributed by atoms with Gasteiger partial charge < -0.3 is 18.6 Å². The van der Waals surface area contributed by atoms with Crippen molar-refractivity contribution in [2.24, 2.45) is 0 Å². The first-order valence-corrected chi connectivity index (χ1v) is 17.6. The van der Waals surface area contributed by atoms with Crippen LogP contribution in [0.1, 0.15) is 69.3 Å². The zero-order valence-electron chi connectivity index (χ0n) is 25.9. The maximum Gasteiger partial charge on any atom is 0.250 e. The van der Waals surface area contributed by atoms with Gasteiger partial charge in [0.2, 0.25) is 0 Å². The van der Waals surface area contributed by atoms with E-state index in [4.69, 9.17) is 9.16 Å². The minimum absolute atomic E-state index is 0.0285. The lowest BCUT2D eigenvalue weighted by molar-refractivity contribution is -0.139. The van der Waals surface area contributed by atoms with Crippen molar-refractivity contribution in [3.05, 3.63) is 82.7 Å². The van der Waals surface area contributed by atoms with E-state index in [-0.39, 0.29) is 28.7 Å². The van der Waals surface area contributed by atoms with E-state index in [0.29, 0.717) is 37.0 Å². The normalized spacial score (nSPS) is 22.2. The van der Waals surface area contributed by atoms with Crippen molar-refractivity contribution in [3.63, 3.8) is 0 Å². The zero-order chi connectivity index (χ0) is 31.3. The number of benzene rings is 2. The Balaban J connectivity index is 1.48. The molecule has 230 valence electrons. The van der Waals surface area contributed by atoms with Crippen molar-refractivity contribution < 1.29 is 27.1 Å². The fraction of sp³-hybridized carbons (Fsp3) is 0.455. The molecular formula is C33H40F3N3O3Si. The number of piperidine rings is 2. The number of nitrogens with zero attached hydrogens (tertiary/aromatic N) is 3. The molecule has 0 unspecified atom stereocenters. The summed E-state index contributed by atoms with van der Waals surface area (Å²) in [4.78, 5) is 20.1. The average molecular weight is 612 g/mol. The molecule has 2 aliphatic heterocycles. The second-order valence-electron chi connectivity index (χ2n) is 13.2. The van der Waals surface area contributed by atoms with Gasteiger partial charge in [-0.2, -0.15) is 0 Å². The standard InChI is InChI=1S/C33H40F3N3O3Si/c1-20-18-38(19-37-20)28-11-8-21(13-30(28)41-5)12-22-9-10-24-16-25(42-43(6,7)33(2,3)4)17-29(39(24)32(22)40)23-14-26(34)31(36)27(35)15-23/h8,11-15,18-19,24-25,29H,9-10,16-17H2,1-7H3/b22-12+/t24-,25+,29+/m1/s1. The summed E-state index contributed by atoms with van der Waals surface area (Å²) in [5, 5.41) is -0.0285. The molecule has 3 aromatic rings. The van der Waals surface area contributed by atoms with Crippen LogP contribution in [-0.2, 0) is 9.22 Å². The van der Waals surface area contributed by atoms with Gasteiger partial charge in [0, 0.05) is 23.9 Å². The van der Waals surface area contributed by atoms with Gasteiger partial charge in [-0.05, 0) is 92.2 Å². The number of ether oxygens (including phenoxy) is 1. The van der Waals surface area contributed by atoms with Crippen molar-refractivity contribution in [2.45, 2.75) is 89.7 Å². The summed E-state index contributed by atoms with van der Waals surface area (Å²) in [5.74, 6) is -3.60. The minimum Gasteiger partial charge on any atom is -0.495 e. The Hall–Kier alpha value is -3.37. The van der Waals surface area contributed by atoms with Crippen LogP contribution in [0.4, 0.5) is 13.2 Å². The number of halogens is 3. The molecule has 1 amide bonds. The Morgan fingerprint density at radius 1 is 1.07 bits per heavy atom. The van der Waals surface area contributed by atoms with Gasteiger partial charge in [-0.1, -0.05) is 26.8 Å². The van der Waals surface area contributed by atoms with Crippen molar-refractivity contribution in [1.82, 2.24) is 14.5 Å². The number of methoxy groups -OCH3 is 1. The van der Waals surface area contributed by atoms with E-state index in [9.17, 15) is 18.0 Å². The molecule has 2 aromatic carbocycles. The summed E-state index contributed by atoms with van der Waals surface area (Å²) in [6.07, 6.45) is 7.53. The summed E-state index contributed by atoms with van der Waals surface area (Å²) < 4.78 is 57.2. The van der Waals surface area contributed by atoms with E-state index >= 15 is 0 Å². The molecule has 2 saturated heterocycles. The fourth-order valence-electron chi connectivity index (χ4n) is 5.93. The number of fused-ring (bicyclic) bond motifs is 1. The first-order valence-electron chi connectivity index (χ1n) is 14.7. The molecule has 0 radical (unpaired) electrons. The number of hydrogen-bond donors (Lipinski definition) is 0. The Bertz CT molecular complexity index is 1540. The summed E-state index contributed by atoms with van der Waals surface area (Å²) in [7, 11) is -0.574. The van der Waals surface area contributed by atoms with Crippen LogP contribution in [0.2, 0.25) is 18.1 Å². The van der Waals surface area contributed by atoms with E-state index in [1.807, 2.05) is 42.0 Å². The van der Waals surface area contributed by atoms with Gasteiger partial charge in [0.25, 0.3) is 5.91 Å². The predicted molar refractivity (Wildman–Crippen MR) is 163 cm³/mol. The number of carbonyl (C=O) groups excluding carboxylic acids is 1. The van der Waals surface area contributed by atoms with E-state index in [0.717, 1.165) is 29.1 Å². The average Bonchev–Trinajstić information content (AvgIpc) is 3.37. The lowest BCUT2D eigenvalue weighted by atomic mass is 9.82. The van der Waals surface area contributed by atoms with Crippen molar-refractivity contribution >= 4 is 20.3 Å². The molecule has 3 atom stereocenters. The Kier molecular flexibility index (Phi) is 8.39. The van der Waals surface area contributed by atoms with Crippen LogP contribution in [0, 0.1) is 24.4 Å². The van der Waals surface area contributed by atoms with Gasteiger partial charge in [0.1, 0.15) is 5.75 Å². The number of hydrogen-bond acceptors (Lipinski definition) is 4. The van der Waals surface area contributed by atoms with Crippen molar-refractivity contribution in [3.8, 4) is 11.4 Å². The van der Waals surface area contributed by atoms with Gasteiger partial charge in [-0.15, -0.1) is 0 Å². The Morgan fingerprint density at radius 2 is 1.77 bits per heavy atom. The van der Waals surface area contributed by atoms with Gasteiger partial charge >= 0.3 is 0 Å². The number of imidazole rings is 1. The van der Waals surface area contributed by atoms with Crippen molar-refractivity contribution in [2.75, 3.05) is 7.11 Å². The number of rotatable bonds is 6. The predicted octanol–water partition coefficient (Wildman–Crippen LogP) is 7.91. The van der Waals surface area contributed by atoms with Gasteiger partial charge in [-0.25, -0.2) is 18.2 Å². The van der Waals surface area contributed by atoms with Crippen LogP contribution in [0.15, 0.2) is 48.4 Å². The lowest BCUT2D eigenvalue weighted by Crippen LogP contribution is -2.55. The smallest absolute Gasteiger partial charge is 0.250 e. The number of amides is 1. The van der Waals surface area contributed by atoms with Crippen molar-refractivity contribution in [1.29, 1.82) is 0 Å².